The normalized spacial score (nSPS) is 14.9. The quantitative estimate of drug-likeness (QED) is 0.744. The lowest BCUT2D eigenvalue weighted by Crippen LogP contribution is -2.12. The first kappa shape index (κ1) is 13.6. The van der Waals surface area contributed by atoms with E-state index < -0.39 is 0 Å². The highest BCUT2D eigenvalue weighted by atomic mass is 79.9. The minimum Gasteiger partial charge on any atom is -0.289 e. The molecule has 1 aromatic rings. The third-order valence-corrected chi connectivity index (χ3v) is 3.47. The number of carbonyl (C=O) groups is 2. The zero-order chi connectivity index (χ0) is 14.0. The molecule has 0 unspecified atom stereocenters. The number of hydrogen-bond acceptors (Lipinski definition) is 2. The van der Waals surface area contributed by atoms with Gasteiger partial charge in [0.25, 0.3) is 5.91 Å². The van der Waals surface area contributed by atoms with Crippen molar-refractivity contribution < 1.29 is 9.59 Å². The molecule has 0 bridgehead atoms. The lowest BCUT2D eigenvalue weighted by molar-refractivity contribution is -0.112. The van der Waals surface area contributed by atoms with Gasteiger partial charge < -0.3 is 0 Å². The summed E-state index contributed by atoms with van der Waals surface area (Å²) in [5.74, 6) is -0.336. The van der Waals surface area contributed by atoms with E-state index in [0.717, 1.165) is 0 Å². The van der Waals surface area contributed by atoms with E-state index in [1.807, 2.05) is 6.07 Å². The maximum Gasteiger partial charge on any atom is 0.278 e. The number of aliphatic imine (C=N–C) groups is 1. The highest BCUT2D eigenvalue weighted by molar-refractivity contribution is 9.10. The molecule has 0 saturated carbocycles. The number of nitrogens with zero attached hydrogens (tertiary/aromatic N) is 1. The largest absolute Gasteiger partial charge is 0.289 e. The topological polar surface area (TPSA) is 46.5 Å². The molecule has 0 spiro atoms. The summed E-state index contributed by atoms with van der Waals surface area (Å²) in [6, 6.07) is 7.11. The zero-order valence-electron chi connectivity index (χ0n) is 10.6. The summed E-state index contributed by atoms with van der Waals surface area (Å²) in [6.45, 7) is 3.44. The van der Waals surface area contributed by atoms with Crippen LogP contribution in [0.3, 0.4) is 0 Å². The van der Waals surface area contributed by atoms with Gasteiger partial charge >= 0.3 is 0 Å². The Morgan fingerprint density at radius 3 is 2.26 bits per heavy atom. The monoisotopic (exact) mass is 317 g/mol. The third kappa shape index (κ3) is 2.96. The number of benzene rings is 1. The Balaban J connectivity index is 2.36. The van der Waals surface area contributed by atoms with Crippen molar-refractivity contribution in [3.05, 3.63) is 57.6 Å². The van der Waals surface area contributed by atoms with Gasteiger partial charge in [0.1, 0.15) is 0 Å². The number of halogens is 1. The van der Waals surface area contributed by atoms with Crippen LogP contribution in [-0.2, 0) is 4.79 Å². The summed E-state index contributed by atoms with van der Waals surface area (Å²) in [5, 5.41) is 0. The van der Waals surface area contributed by atoms with E-state index >= 15 is 0 Å². The van der Waals surface area contributed by atoms with Crippen molar-refractivity contribution in [2.24, 2.45) is 4.99 Å². The van der Waals surface area contributed by atoms with Crippen molar-refractivity contribution in [3.63, 3.8) is 0 Å². The Morgan fingerprint density at radius 2 is 1.68 bits per heavy atom. The van der Waals surface area contributed by atoms with Gasteiger partial charge in [0.15, 0.2) is 5.78 Å². The van der Waals surface area contributed by atoms with Crippen molar-refractivity contribution in [2.45, 2.75) is 13.8 Å². The standard InChI is InChI=1S/C15H12BrNO2/c1-9-7-11(8-10(2)14(9)18)17-15(19)12-5-3-4-6-13(12)16/h3-8H,1-2H3. The van der Waals surface area contributed by atoms with Crippen molar-refractivity contribution in [3.8, 4) is 0 Å². The molecule has 1 aliphatic carbocycles. The molecule has 1 aromatic carbocycles. The Labute approximate surface area is 119 Å². The van der Waals surface area contributed by atoms with E-state index in [4.69, 9.17) is 0 Å². The summed E-state index contributed by atoms with van der Waals surface area (Å²) >= 11 is 3.32. The van der Waals surface area contributed by atoms with Crippen molar-refractivity contribution in [2.75, 3.05) is 0 Å². The molecular formula is C15H12BrNO2. The van der Waals surface area contributed by atoms with Crippen molar-refractivity contribution >= 4 is 33.3 Å². The second-order valence-electron chi connectivity index (χ2n) is 4.31. The minimum absolute atomic E-state index is 0.00714. The van der Waals surface area contributed by atoms with Crippen LogP contribution < -0.4 is 0 Å². The smallest absolute Gasteiger partial charge is 0.278 e. The van der Waals surface area contributed by atoms with Gasteiger partial charge in [-0.25, -0.2) is 4.99 Å². The molecule has 4 heteroatoms. The van der Waals surface area contributed by atoms with Gasteiger partial charge in [0.05, 0.1) is 11.3 Å². The van der Waals surface area contributed by atoms with E-state index in [-0.39, 0.29) is 11.7 Å². The van der Waals surface area contributed by atoms with E-state index in [1.54, 1.807) is 44.2 Å². The van der Waals surface area contributed by atoms with E-state index in [2.05, 4.69) is 20.9 Å². The summed E-state index contributed by atoms with van der Waals surface area (Å²) in [4.78, 5) is 27.7. The van der Waals surface area contributed by atoms with Crippen LogP contribution in [0.1, 0.15) is 24.2 Å². The summed E-state index contributed by atoms with van der Waals surface area (Å²) < 4.78 is 0.706. The molecule has 3 nitrogen and oxygen atoms in total. The van der Waals surface area contributed by atoms with Gasteiger partial charge in [-0.1, -0.05) is 12.1 Å². The number of amides is 1. The highest BCUT2D eigenvalue weighted by Gasteiger charge is 2.15. The fourth-order valence-electron chi connectivity index (χ4n) is 1.80. The second-order valence-corrected chi connectivity index (χ2v) is 5.16. The fourth-order valence-corrected chi connectivity index (χ4v) is 2.26. The van der Waals surface area contributed by atoms with Crippen LogP contribution in [0.2, 0.25) is 0 Å². The number of carbonyl (C=O) groups excluding carboxylic acids is 2. The van der Waals surface area contributed by atoms with Gasteiger partial charge in [0.2, 0.25) is 0 Å². The predicted molar refractivity (Wildman–Crippen MR) is 78.4 cm³/mol. The van der Waals surface area contributed by atoms with Gasteiger partial charge in [0, 0.05) is 4.47 Å². The van der Waals surface area contributed by atoms with Crippen molar-refractivity contribution in [1.29, 1.82) is 0 Å². The average Bonchev–Trinajstić information content (AvgIpc) is 2.36. The molecular weight excluding hydrogens is 306 g/mol. The molecule has 0 saturated heterocycles. The van der Waals surface area contributed by atoms with Crippen LogP contribution in [0, 0.1) is 0 Å². The van der Waals surface area contributed by atoms with E-state index in [0.29, 0.717) is 26.9 Å². The maximum absolute atomic E-state index is 12.1. The molecule has 1 amide bonds. The molecule has 19 heavy (non-hydrogen) atoms. The molecule has 0 aromatic heterocycles. The molecule has 0 heterocycles. The number of rotatable bonds is 1. The molecule has 0 aliphatic heterocycles. The average molecular weight is 318 g/mol. The summed E-state index contributed by atoms with van der Waals surface area (Å²) in [6.07, 6.45) is 3.26. The Hall–Kier alpha value is -1.81. The first-order valence-electron chi connectivity index (χ1n) is 5.78. The maximum atomic E-state index is 12.1. The zero-order valence-corrected chi connectivity index (χ0v) is 12.2. The van der Waals surface area contributed by atoms with E-state index in [9.17, 15) is 9.59 Å². The summed E-state index contributed by atoms with van der Waals surface area (Å²) in [7, 11) is 0. The van der Waals surface area contributed by atoms with Gasteiger partial charge in [-0.15, -0.1) is 0 Å². The first-order valence-corrected chi connectivity index (χ1v) is 6.57. The first-order chi connectivity index (χ1) is 8.99. The van der Waals surface area contributed by atoms with Gasteiger partial charge in [-0.05, 0) is 65.2 Å². The molecule has 2 rings (SSSR count). The minimum atomic E-state index is -0.329. The van der Waals surface area contributed by atoms with Crippen LogP contribution in [0.15, 0.2) is 57.0 Å². The Bertz CT molecular complexity index is 630. The molecule has 0 fully saturated rings. The fraction of sp³-hybridized carbons (Fsp3) is 0.133. The third-order valence-electron chi connectivity index (χ3n) is 2.78. The second kappa shape index (κ2) is 5.45. The molecule has 96 valence electrons. The molecule has 0 radical (unpaired) electrons. The Morgan fingerprint density at radius 1 is 1.11 bits per heavy atom. The lowest BCUT2D eigenvalue weighted by Gasteiger charge is -2.08. The number of allylic oxidation sites excluding steroid dienone is 4. The molecule has 1 aliphatic rings. The SMILES string of the molecule is CC1=CC(=NC(=O)c2ccccc2Br)C=C(C)C1=O. The summed E-state index contributed by atoms with van der Waals surface area (Å²) in [5.41, 5.74) is 2.21. The lowest BCUT2D eigenvalue weighted by atomic mass is 9.98. The Kier molecular flexibility index (Phi) is 3.90. The number of hydrogen-bond donors (Lipinski definition) is 0. The van der Waals surface area contributed by atoms with Crippen LogP contribution in [0.5, 0.6) is 0 Å². The van der Waals surface area contributed by atoms with Crippen molar-refractivity contribution in [1.82, 2.24) is 0 Å². The number of Topliss-reactive ketones (excluding diaryl/α,β-unsaturated/α-hetero) is 1. The van der Waals surface area contributed by atoms with Crippen LogP contribution in [-0.4, -0.2) is 17.4 Å². The van der Waals surface area contributed by atoms with Crippen LogP contribution >= 0.6 is 15.9 Å². The highest BCUT2D eigenvalue weighted by Crippen LogP contribution is 2.18. The van der Waals surface area contributed by atoms with Crippen LogP contribution in [0.25, 0.3) is 0 Å². The molecule has 0 N–H and O–H groups in total. The van der Waals surface area contributed by atoms with Gasteiger partial charge in [-0.2, -0.15) is 0 Å². The van der Waals surface area contributed by atoms with Crippen LogP contribution in [0.4, 0.5) is 0 Å². The molecule has 0 atom stereocenters. The number of ketones is 1. The predicted octanol–water partition coefficient (Wildman–Crippen LogP) is 3.51. The van der Waals surface area contributed by atoms with Gasteiger partial charge in [-0.3, -0.25) is 9.59 Å². The van der Waals surface area contributed by atoms with E-state index in [1.165, 1.54) is 0 Å².